The van der Waals surface area contributed by atoms with Crippen molar-refractivity contribution in [2.24, 2.45) is 5.92 Å². The van der Waals surface area contributed by atoms with Crippen LogP contribution in [0.2, 0.25) is 0 Å². The van der Waals surface area contributed by atoms with Crippen molar-refractivity contribution >= 4 is 5.78 Å². The number of halogens is 3. The molecule has 0 unspecified atom stereocenters. The second kappa shape index (κ2) is 5.33. The Bertz CT molecular complexity index is 468. The van der Waals surface area contributed by atoms with E-state index in [1.54, 1.807) is 18.2 Å². The molecule has 19 heavy (non-hydrogen) atoms. The smallest absolute Gasteiger partial charge is 0.373 e. The number of rotatable bonds is 2. The summed E-state index contributed by atoms with van der Waals surface area (Å²) in [5.41, 5.74) is 1.58. The van der Waals surface area contributed by atoms with Crippen molar-refractivity contribution in [3.8, 4) is 0 Å². The first-order chi connectivity index (χ1) is 8.89. The Balaban J connectivity index is 2.28. The van der Waals surface area contributed by atoms with Gasteiger partial charge in [0.25, 0.3) is 0 Å². The van der Waals surface area contributed by atoms with Gasteiger partial charge in [0.2, 0.25) is 5.78 Å². The summed E-state index contributed by atoms with van der Waals surface area (Å²) < 4.78 is 43.2. The molecule has 0 bridgehead atoms. The highest BCUT2D eigenvalue weighted by atomic mass is 19.4. The molecule has 1 aromatic rings. The van der Waals surface area contributed by atoms with Gasteiger partial charge in [0.15, 0.2) is 0 Å². The average molecular weight is 272 g/mol. The SMILES string of the molecule is Cc1cccc([C@H]2OCCC[C@H]2C(=O)C(F)(F)F)c1. The molecule has 1 aliphatic rings. The lowest BCUT2D eigenvalue weighted by Gasteiger charge is -2.31. The minimum atomic E-state index is -4.80. The Kier molecular flexibility index (Phi) is 3.94. The molecule has 0 aliphatic carbocycles. The Morgan fingerprint density at radius 3 is 2.74 bits per heavy atom. The van der Waals surface area contributed by atoms with Crippen LogP contribution in [0.4, 0.5) is 13.2 Å². The maximum absolute atomic E-state index is 12.6. The summed E-state index contributed by atoms with van der Waals surface area (Å²) in [6.45, 7) is 2.24. The number of carbonyl (C=O) groups is 1. The summed E-state index contributed by atoms with van der Waals surface area (Å²) in [5.74, 6) is -2.81. The van der Waals surface area contributed by atoms with Gasteiger partial charge in [0.1, 0.15) is 0 Å². The van der Waals surface area contributed by atoms with Crippen LogP contribution < -0.4 is 0 Å². The number of ketones is 1. The number of ether oxygens (including phenoxy) is 1. The van der Waals surface area contributed by atoms with Crippen LogP contribution in [0.3, 0.4) is 0 Å². The van der Waals surface area contributed by atoms with Crippen LogP contribution in [-0.2, 0) is 9.53 Å². The van der Waals surface area contributed by atoms with Crippen LogP contribution in [0.1, 0.15) is 30.1 Å². The number of hydrogen-bond acceptors (Lipinski definition) is 2. The lowest BCUT2D eigenvalue weighted by molar-refractivity contribution is -0.183. The number of alkyl halides is 3. The third kappa shape index (κ3) is 3.15. The summed E-state index contributed by atoms with van der Waals surface area (Å²) in [7, 11) is 0. The maximum Gasteiger partial charge on any atom is 0.450 e. The molecule has 0 aromatic heterocycles. The monoisotopic (exact) mass is 272 g/mol. The Morgan fingerprint density at radius 1 is 1.37 bits per heavy atom. The zero-order valence-corrected chi connectivity index (χ0v) is 10.5. The van der Waals surface area contributed by atoms with Crippen molar-refractivity contribution in [1.82, 2.24) is 0 Å². The molecule has 1 fully saturated rings. The molecular weight excluding hydrogens is 257 g/mol. The van der Waals surface area contributed by atoms with Gasteiger partial charge in [-0.1, -0.05) is 29.8 Å². The lowest BCUT2D eigenvalue weighted by atomic mass is 9.85. The second-order valence-electron chi connectivity index (χ2n) is 4.82. The van der Waals surface area contributed by atoms with E-state index in [4.69, 9.17) is 4.74 Å². The molecular formula is C14H15F3O2. The molecule has 0 amide bonds. The fourth-order valence-corrected chi connectivity index (χ4v) is 2.44. The topological polar surface area (TPSA) is 26.3 Å². The molecule has 104 valence electrons. The molecule has 0 N–H and O–H groups in total. The molecule has 0 radical (unpaired) electrons. The fourth-order valence-electron chi connectivity index (χ4n) is 2.44. The fraction of sp³-hybridized carbons (Fsp3) is 0.500. The van der Waals surface area contributed by atoms with Gasteiger partial charge in [-0.15, -0.1) is 0 Å². The van der Waals surface area contributed by atoms with E-state index >= 15 is 0 Å². The van der Waals surface area contributed by atoms with Crippen molar-refractivity contribution in [2.45, 2.75) is 32.0 Å². The minimum Gasteiger partial charge on any atom is -0.373 e. The molecule has 2 nitrogen and oxygen atoms in total. The molecule has 1 saturated heterocycles. The summed E-state index contributed by atoms with van der Waals surface area (Å²) in [5, 5.41) is 0. The van der Waals surface area contributed by atoms with Crippen LogP contribution in [-0.4, -0.2) is 18.6 Å². The van der Waals surface area contributed by atoms with E-state index in [0.29, 0.717) is 18.6 Å². The van der Waals surface area contributed by atoms with Crippen molar-refractivity contribution in [3.63, 3.8) is 0 Å². The molecule has 2 atom stereocenters. The molecule has 2 rings (SSSR count). The lowest BCUT2D eigenvalue weighted by Crippen LogP contribution is -2.37. The van der Waals surface area contributed by atoms with Gasteiger partial charge in [0.05, 0.1) is 12.0 Å². The number of benzene rings is 1. The normalized spacial score (nSPS) is 24.2. The molecule has 0 saturated carbocycles. The van der Waals surface area contributed by atoms with Gasteiger partial charge in [-0.2, -0.15) is 13.2 Å². The average Bonchev–Trinajstić information content (AvgIpc) is 2.37. The summed E-state index contributed by atoms with van der Waals surface area (Å²) in [6, 6.07) is 7.09. The highest BCUT2D eigenvalue weighted by molar-refractivity contribution is 5.87. The Labute approximate surface area is 109 Å². The van der Waals surface area contributed by atoms with Crippen LogP contribution >= 0.6 is 0 Å². The van der Waals surface area contributed by atoms with E-state index in [1.165, 1.54) is 0 Å². The van der Waals surface area contributed by atoms with Crippen molar-refractivity contribution in [1.29, 1.82) is 0 Å². The van der Waals surface area contributed by atoms with E-state index in [1.807, 2.05) is 13.0 Å². The van der Waals surface area contributed by atoms with Crippen molar-refractivity contribution in [2.75, 3.05) is 6.61 Å². The second-order valence-corrected chi connectivity index (χ2v) is 4.82. The summed E-state index contributed by atoms with van der Waals surface area (Å²) >= 11 is 0. The van der Waals surface area contributed by atoms with Gasteiger partial charge < -0.3 is 4.74 Å². The van der Waals surface area contributed by atoms with E-state index in [0.717, 1.165) is 5.56 Å². The first-order valence-corrected chi connectivity index (χ1v) is 6.19. The van der Waals surface area contributed by atoms with Crippen LogP contribution in [0.25, 0.3) is 0 Å². The van der Waals surface area contributed by atoms with Gasteiger partial charge >= 0.3 is 6.18 Å². The van der Waals surface area contributed by atoms with E-state index in [-0.39, 0.29) is 6.42 Å². The van der Waals surface area contributed by atoms with E-state index < -0.39 is 24.0 Å². The Hall–Kier alpha value is -1.36. The summed E-state index contributed by atoms with van der Waals surface area (Å²) in [6.07, 6.45) is -4.89. The van der Waals surface area contributed by atoms with Crippen LogP contribution in [0, 0.1) is 12.8 Å². The number of hydrogen-bond donors (Lipinski definition) is 0. The van der Waals surface area contributed by atoms with E-state index in [9.17, 15) is 18.0 Å². The third-order valence-electron chi connectivity index (χ3n) is 3.31. The molecule has 1 aliphatic heterocycles. The quantitative estimate of drug-likeness (QED) is 0.822. The van der Waals surface area contributed by atoms with Crippen LogP contribution in [0.5, 0.6) is 0 Å². The maximum atomic E-state index is 12.6. The third-order valence-corrected chi connectivity index (χ3v) is 3.31. The molecule has 0 spiro atoms. The standard InChI is InChI=1S/C14H15F3O2/c1-9-4-2-5-10(8-9)12-11(6-3-7-19-12)13(18)14(15,16)17/h2,4-5,8,11-12H,3,6-7H2,1H3/t11-,12-/m1/s1. The predicted molar refractivity (Wildman–Crippen MR) is 63.7 cm³/mol. The molecule has 1 heterocycles. The number of aryl methyl sites for hydroxylation is 1. The van der Waals surface area contributed by atoms with Gasteiger partial charge in [-0.25, -0.2) is 0 Å². The number of Topliss-reactive ketones (excluding diaryl/α,β-unsaturated/α-hetero) is 1. The number of carbonyl (C=O) groups excluding carboxylic acids is 1. The summed E-state index contributed by atoms with van der Waals surface area (Å²) in [4.78, 5) is 11.5. The minimum absolute atomic E-state index is 0.219. The van der Waals surface area contributed by atoms with Crippen molar-refractivity contribution < 1.29 is 22.7 Å². The van der Waals surface area contributed by atoms with Gasteiger partial charge in [-0.05, 0) is 25.3 Å². The largest absolute Gasteiger partial charge is 0.450 e. The highest BCUT2D eigenvalue weighted by Crippen LogP contribution is 2.38. The Morgan fingerprint density at radius 2 is 2.11 bits per heavy atom. The molecule has 1 aromatic carbocycles. The van der Waals surface area contributed by atoms with Crippen LogP contribution in [0.15, 0.2) is 24.3 Å². The van der Waals surface area contributed by atoms with Gasteiger partial charge in [0, 0.05) is 6.61 Å². The predicted octanol–water partition coefficient (Wildman–Crippen LogP) is 3.59. The zero-order chi connectivity index (χ0) is 14.0. The highest BCUT2D eigenvalue weighted by Gasteiger charge is 2.47. The first-order valence-electron chi connectivity index (χ1n) is 6.19. The molecule has 5 heteroatoms. The van der Waals surface area contributed by atoms with E-state index in [2.05, 4.69) is 0 Å². The van der Waals surface area contributed by atoms with Crippen molar-refractivity contribution in [3.05, 3.63) is 35.4 Å². The van der Waals surface area contributed by atoms with Gasteiger partial charge in [-0.3, -0.25) is 4.79 Å². The first kappa shape index (κ1) is 14.1. The zero-order valence-electron chi connectivity index (χ0n) is 10.5.